The zero-order valence-electron chi connectivity index (χ0n) is 19.9. The lowest BCUT2D eigenvalue weighted by atomic mass is 9.97. The van der Waals surface area contributed by atoms with Crippen molar-refractivity contribution in [1.82, 2.24) is 9.80 Å². The number of rotatable bonds is 7. The third kappa shape index (κ3) is 5.70. The van der Waals surface area contributed by atoms with E-state index in [1.54, 1.807) is 12.1 Å². The molecule has 1 aliphatic carbocycles. The van der Waals surface area contributed by atoms with Gasteiger partial charge in [0.25, 0.3) is 5.91 Å². The van der Waals surface area contributed by atoms with Gasteiger partial charge in [0.2, 0.25) is 0 Å². The molecule has 1 saturated carbocycles. The van der Waals surface area contributed by atoms with Crippen LogP contribution in [-0.2, 0) is 22.5 Å². The fourth-order valence-electron chi connectivity index (χ4n) is 5.41. The van der Waals surface area contributed by atoms with Crippen molar-refractivity contribution in [3.63, 3.8) is 0 Å². The first kappa shape index (κ1) is 25.5. The van der Waals surface area contributed by atoms with E-state index in [2.05, 4.69) is 4.90 Å². The maximum absolute atomic E-state index is 15.3. The summed E-state index contributed by atoms with van der Waals surface area (Å²) in [5, 5.41) is 10.6. The Labute approximate surface area is 219 Å². The van der Waals surface area contributed by atoms with Gasteiger partial charge in [-0.05, 0) is 85.0 Å². The number of hydrogen-bond acceptors (Lipinski definition) is 4. The summed E-state index contributed by atoms with van der Waals surface area (Å²) in [6.07, 6.45) is 3.66. The largest absolute Gasteiger partial charge is 0.480 e. The van der Waals surface area contributed by atoms with Crippen molar-refractivity contribution in [2.24, 2.45) is 0 Å². The van der Waals surface area contributed by atoms with Crippen molar-refractivity contribution >= 4 is 35.1 Å². The number of ether oxygens (including phenoxy) is 1. The first-order valence-corrected chi connectivity index (χ1v) is 13.2. The molecule has 2 aromatic carbocycles. The quantitative estimate of drug-likeness (QED) is 0.532. The minimum absolute atomic E-state index is 0.0218. The summed E-state index contributed by atoms with van der Waals surface area (Å²) < 4.78 is 21.3. The standard InChI is InChI=1S/C27H29Cl2FN2O4/c28-19-8-16(9-20(29)12-19)10-21-15-31(6-7-36-21)14-18-11-24(30)23(13-22(18)17-3-4-17)26(33)32-5-1-2-25(32)27(34)35/h8-9,11-13,17,21,25H,1-7,10,14-15H2,(H,34,35). The number of aliphatic carboxylic acids is 1. The number of benzene rings is 2. The lowest BCUT2D eigenvalue weighted by Crippen LogP contribution is -2.43. The van der Waals surface area contributed by atoms with Crippen LogP contribution in [0.3, 0.4) is 0 Å². The van der Waals surface area contributed by atoms with Crippen LogP contribution < -0.4 is 0 Å². The number of morpholine rings is 1. The van der Waals surface area contributed by atoms with E-state index in [1.165, 1.54) is 11.0 Å². The lowest BCUT2D eigenvalue weighted by molar-refractivity contribution is -0.141. The van der Waals surface area contributed by atoms with Gasteiger partial charge in [-0.2, -0.15) is 0 Å². The summed E-state index contributed by atoms with van der Waals surface area (Å²) in [6, 6.07) is 7.75. The molecule has 2 aromatic rings. The molecule has 6 nitrogen and oxygen atoms in total. The van der Waals surface area contributed by atoms with Crippen LogP contribution in [0.5, 0.6) is 0 Å². The Balaban J connectivity index is 1.32. The molecule has 0 aromatic heterocycles. The zero-order chi connectivity index (χ0) is 25.4. The van der Waals surface area contributed by atoms with Crippen LogP contribution in [0, 0.1) is 5.82 Å². The Kier molecular flexibility index (Phi) is 7.54. The molecule has 3 fully saturated rings. The molecule has 36 heavy (non-hydrogen) atoms. The van der Waals surface area contributed by atoms with Gasteiger partial charge in [0.1, 0.15) is 11.9 Å². The molecular formula is C27H29Cl2FN2O4. The van der Waals surface area contributed by atoms with Crippen LogP contribution in [0.4, 0.5) is 4.39 Å². The fourth-order valence-corrected chi connectivity index (χ4v) is 5.98. The first-order valence-electron chi connectivity index (χ1n) is 12.4. The summed E-state index contributed by atoms with van der Waals surface area (Å²) in [6.45, 7) is 2.89. The van der Waals surface area contributed by atoms with E-state index in [4.69, 9.17) is 27.9 Å². The second-order valence-electron chi connectivity index (χ2n) is 10.0. The number of carbonyl (C=O) groups excluding carboxylic acids is 1. The van der Waals surface area contributed by atoms with Gasteiger partial charge in [-0.1, -0.05) is 23.2 Å². The van der Waals surface area contributed by atoms with Crippen LogP contribution >= 0.6 is 23.2 Å². The first-order chi connectivity index (χ1) is 17.3. The highest BCUT2D eigenvalue weighted by atomic mass is 35.5. The Bertz CT molecular complexity index is 1150. The molecule has 192 valence electrons. The van der Waals surface area contributed by atoms with Crippen molar-refractivity contribution in [2.45, 2.75) is 56.7 Å². The SMILES string of the molecule is O=C(O)C1CCCN1C(=O)c1cc(C2CC2)c(CN2CCOC(Cc3cc(Cl)cc(Cl)c3)C2)cc1F. The second kappa shape index (κ2) is 10.7. The van der Waals surface area contributed by atoms with Gasteiger partial charge in [0.15, 0.2) is 0 Å². The number of hydrogen-bond donors (Lipinski definition) is 1. The van der Waals surface area contributed by atoms with Crippen LogP contribution in [0.25, 0.3) is 0 Å². The molecule has 0 spiro atoms. The average Bonchev–Trinajstić information content (AvgIpc) is 3.53. The highest BCUT2D eigenvalue weighted by molar-refractivity contribution is 6.34. The molecule has 1 N–H and O–H groups in total. The summed E-state index contributed by atoms with van der Waals surface area (Å²) in [7, 11) is 0. The second-order valence-corrected chi connectivity index (χ2v) is 10.9. The van der Waals surface area contributed by atoms with Crippen molar-refractivity contribution in [2.75, 3.05) is 26.2 Å². The Hall–Kier alpha value is -2.19. The van der Waals surface area contributed by atoms with Gasteiger partial charge in [-0.15, -0.1) is 0 Å². The van der Waals surface area contributed by atoms with E-state index in [9.17, 15) is 14.7 Å². The van der Waals surface area contributed by atoms with Crippen molar-refractivity contribution in [3.8, 4) is 0 Å². The summed E-state index contributed by atoms with van der Waals surface area (Å²) >= 11 is 12.3. The molecule has 9 heteroatoms. The zero-order valence-corrected chi connectivity index (χ0v) is 21.4. The van der Waals surface area contributed by atoms with Gasteiger partial charge < -0.3 is 14.7 Å². The summed E-state index contributed by atoms with van der Waals surface area (Å²) in [4.78, 5) is 28.2. The van der Waals surface area contributed by atoms with Crippen LogP contribution in [0.2, 0.25) is 10.0 Å². The highest BCUT2D eigenvalue weighted by Gasteiger charge is 2.37. The summed E-state index contributed by atoms with van der Waals surface area (Å²) in [5.74, 6) is -1.85. The number of nitrogens with zero attached hydrogens (tertiary/aromatic N) is 2. The van der Waals surface area contributed by atoms with Crippen molar-refractivity contribution in [3.05, 3.63) is 68.4 Å². The number of carboxylic acid groups (broad SMARTS) is 1. The molecule has 0 bridgehead atoms. The van der Waals surface area contributed by atoms with Gasteiger partial charge in [-0.3, -0.25) is 9.69 Å². The molecule has 0 radical (unpaired) electrons. The molecule has 1 amide bonds. The molecule has 2 unspecified atom stereocenters. The van der Waals surface area contributed by atoms with Crippen LogP contribution in [0.1, 0.15) is 58.6 Å². The number of likely N-dealkylation sites (tertiary alicyclic amines) is 1. The van der Waals surface area contributed by atoms with E-state index in [0.29, 0.717) is 61.5 Å². The maximum Gasteiger partial charge on any atom is 0.326 e. The van der Waals surface area contributed by atoms with Gasteiger partial charge >= 0.3 is 5.97 Å². The molecule has 2 atom stereocenters. The summed E-state index contributed by atoms with van der Waals surface area (Å²) in [5.41, 5.74) is 2.87. The van der Waals surface area contributed by atoms with E-state index in [-0.39, 0.29) is 11.7 Å². The van der Waals surface area contributed by atoms with Gasteiger partial charge in [0, 0.05) is 36.2 Å². The van der Waals surface area contributed by atoms with Gasteiger partial charge in [0.05, 0.1) is 18.3 Å². The topological polar surface area (TPSA) is 70.1 Å². The molecular weight excluding hydrogens is 506 g/mol. The minimum Gasteiger partial charge on any atom is -0.480 e. The normalized spacial score (nSPS) is 22.7. The van der Waals surface area contributed by atoms with Crippen molar-refractivity contribution in [1.29, 1.82) is 0 Å². The highest BCUT2D eigenvalue weighted by Crippen LogP contribution is 2.43. The Morgan fingerprint density at radius 3 is 2.50 bits per heavy atom. The van der Waals surface area contributed by atoms with E-state index >= 15 is 4.39 Å². The molecule has 2 saturated heterocycles. The fraction of sp³-hybridized carbons (Fsp3) is 0.481. The van der Waals surface area contributed by atoms with E-state index < -0.39 is 23.7 Å². The average molecular weight is 535 g/mol. The minimum atomic E-state index is -1.04. The molecule has 3 aliphatic rings. The molecule has 2 heterocycles. The lowest BCUT2D eigenvalue weighted by Gasteiger charge is -2.33. The van der Waals surface area contributed by atoms with Crippen LogP contribution in [-0.4, -0.2) is 65.2 Å². The van der Waals surface area contributed by atoms with Crippen molar-refractivity contribution < 1.29 is 23.8 Å². The molecule has 5 rings (SSSR count). The number of carboxylic acids is 1. The molecule has 2 aliphatic heterocycles. The van der Waals surface area contributed by atoms with Crippen LogP contribution in [0.15, 0.2) is 30.3 Å². The smallest absolute Gasteiger partial charge is 0.326 e. The van der Waals surface area contributed by atoms with E-state index in [1.807, 2.05) is 12.1 Å². The number of halogens is 3. The van der Waals surface area contributed by atoms with Gasteiger partial charge in [-0.25, -0.2) is 9.18 Å². The third-order valence-corrected chi connectivity index (χ3v) is 7.71. The predicted molar refractivity (Wildman–Crippen MR) is 135 cm³/mol. The monoisotopic (exact) mass is 534 g/mol. The van der Waals surface area contributed by atoms with E-state index in [0.717, 1.165) is 36.1 Å². The predicted octanol–water partition coefficient (Wildman–Crippen LogP) is 5.14. The number of carbonyl (C=O) groups is 2. The Morgan fingerprint density at radius 1 is 1.06 bits per heavy atom. The Morgan fingerprint density at radius 2 is 1.81 bits per heavy atom. The number of amides is 1. The third-order valence-electron chi connectivity index (χ3n) is 7.28. The maximum atomic E-state index is 15.3.